The molecule has 2 amide bonds. The summed E-state index contributed by atoms with van der Waals surface area (Å²) in [4.78, 5) is 15.0. The van der Waals surface area contributed by atoms with Crippen molar-refractivity contribution in [2.24, 2.45) is 7.05 Å². The van der Waals surface area contributed by atoms with Crippen molar-refractivity contribution in [3.8, 4) is 0 Å². The van der Waals surface area contributed by atoms with Crippen molar-refractivity contribution in [1.82, 2.24) is 20.0 Å². The Hall–Kier alpha value is -2.30. The van der Waals surface area contributed by atoms with Gasteiger partial charge in [0.1, 0.15) is 0 Å². The normalized spacial score (nSPS) is 19.3. The average molecular weight is 338 g/mol. The van der Waals surface area contributed by atoms with Crippen LogP contribution in [0.4, 0.5) is 4.79 Å². The lowest BCUT2D eigenvalue weighted by Gasteiger charge is -2.36. The number of rotatable bonds is 5. The van der Waals surface area contributed by atoms with Gasteiger partial charge >= 0.3 is 6.03 Å². The summed E-state index contributed by atoms with van der Waals surface area (Å²) in [6, 6.07) is 9.36. The van der Waals surface area contributed by atoms with E-state index >= 15 is 0 Å². The van der Waals surface area contributed by atoms with Crippen molar-refractivity contribution in [2.45, 2.75) is 50.6 Å². The van der Waals surface area contributed by atoms with E-state index in [1.165, 1.54) is 11.1 Å². The average Bonchev–Trinajstić information content (AvgIpc) is 3.37. The van der Waals surface area contributed by atoms with E-state index in [1.54, 1.807) is 4.68 Å². The molecule has 5 nitrogen and oxygen atoms in total. The molecule has 1 aromatic carbocycles. The van der Waals surface area contributed by atoms with Crippen LogP contribution >= 0.6 is 0 Å². The number of hydrogen-bond donors (Lipinski definition) is 1. The van der Waals surface area contributed by atoms with Gasteiger partial charge in [0, 0.05) is 25.8 Å². The fraction of sp³-hybridized carbons (Fsp3) is 0.500. The first kappa shape index (κ1) is 16.2. The molecule has 132 valence electrons. The molecule has 1 aromatic heterocycles. The van der Waals surface area contributed by atoms with Crippen LogP contribution < -0.4 is 5.32 Å². The first-order valence-corrected chi connectivity index (χ1v) is 9.34. The molecular formula is C20H26N4O. The molecule has 0 bridgehead atoms. The number of aryl methyl sites for hydroxylation is 2. The third-order valence-corrected chi connectivity index (χ3v) is 5.30. The first-order valence-electron chi connectivity index (χ1n) is 9.34. The molecule has 0 aliphatic heterocycles. The maximum atomic E-state index is 12.9. The molecule has 0 spiro atoms. The van der Waals surface area contributed by atoms with Crippen molar-refractivity contribution in [3.05, 3.63) is 53.3 Å². The van der Waals surface area contributed by atoms with Crippen molar-refractivity contribution < 1.29 is 4.79 Å². The van der Waals surface area contributed by atoms with Crippen LogP contribution in [-0.4, -0.2) is 33.3 Å². The van der Waals surface area contributed by atoms with Gasteiger partial charge < -0.3 is 10.2 Å². The van der Waals surface area contributed by atoms with Gasteiger partial charge in [0.05, 0.1) is 12.2 Å². The van der Waals surface area contributed by atoms with E-state index in [0.717, 1.165) is 44.1 Å². The monoisotopic (exact) mass is 338 g/mol. The van der Waals surface area contributed by atoms with Gasteiger partial charge in [-0.15, -0.1) is 0 Å². The topological polar surface area (TPSA) is 50.2 Å². The molecule has 1 atom stereocenters. The number of nitrogens with zero attached hydrogens (tertiary/aromatic N) is 3. The van der Waals surface area contributed by atoms with Crippen molar-refractivity contribution >= 4 is 6.03 Å². The Morgan fingerprint density at radius 3 is 2.92 bits per heavy atom. The Morgan fingerprint density at radius 1 is 1.32 bits per heavy atom. The van der Waals surface area contributed by atoms with Gasteiger partial charge in [0.15, 0.2) is 0 Å². The van der Waals surface area contributed by atoms with Gasteiger partial charge in [-0.2, -0.15) is 5.10 Å². The van der Waals surface area contributed by atoms with Crippen LogP contribution in [0.1, 0.15) is 48.4 Å². The number of fused-ring (bicyclic) bond motifs is 1. The smallest absolute Gasteiger partial charge is 0.318 e. The minimum atomic E-state index is 0.0908. The number of nitrogens with one attached hydrogen (secondary N) is 1. The van der Waals surface area contributed by atoms with Crippen LogP contribution in [0.25, 0.3) is 0 Å². The number of benzene rings is 1. The molecule has 0 radical (unpaired) electrons. The quantitative estimate of drug-likeness (QED) is 0.910. The van der Waals surface area contributed by atoms with E-state index < -0.39 is 0 Å². The maximum Gasteiger partial charge on any atom is 0.318 e. The van der Waals surface area contributed by atoms with Crippen LogP contribution in [0.15, 0.2) is 36.7 Å². The lowest BCUT2D eigenvalue weighted by Crippen LogP contribution is -2.45. The third-order valence-electron chi connectivity index (χ3n) is 5.30. The standard InChI is InChI=1S/C20H26N4O/c1-23-14-15(13-22-23)11-12-21-20(25)24(17-9-10-17)19-8-4-6-16-5-2-3-7-18(16)19/h2-3,5,7,13-14,17,19H,4,6,8-12H2,1H3,(H,21,25)/t19-/m1/s1. The Bertz CT molecular complexity index is 750. The minimum absolute atomic E-state index is 0.0908. The molecule has 4 rings (SSSR count). The highest BCUT2D eigenvalue weighted by molar-refractivity contribution is 5.75. The van der Waals surface area contributed by atoms with E-state index in [1.807, 2.05) is 19.4 Å². The summed E-state index contributed by atoms with van der Waals surface area (Å²) in [6.45, 7) is 0.655. The minimum Gasteiger partial charge on any atom is -0.338 e. The highest BCUT2D eigenvalue weighted by atomic mass is 16.2. The number of aromatic nitrogens is 2. The summed E-state index contributed by atoms with van der Waals surface area (Å²) in [5.74, 6) is 0. The van der Waals surface area contributed by atoms with E-state index in [0.29, 0.717) is 12.6 Å². The van der Waals surface area contributed by atoms with Gasteiger partial charge in [-0.25, -0.2) is 4.79 Å². The van der Waals surface area contributed by atoms with E-state index in [9.17, 15) is 4.79 Å². The maximum absolute atomic E-state index is 12.9. The number of hydrogen-bond acceptors (Lipinski definition) is 2. The summed E-state index contributed by atoms with van der Waals surface area (Å²) in [5.41, 5.74) is 3.92. The Kier molecular flexibility index (Phi) is 4.47. The molecule has 1 heterocycles. The number of carbonyl (C=O) groups excluding carboxylic acids is 1. The van der Waals surface area contributed by atoms with E-state index in [4.69, 9.17) is 0 Å². The first-order chi connectivity index (χ1) is 12.2. The highest BCUT2D eigenvalue weighted by Gasteiger charge is 2.39. The fourth-order valence-electron chi connectivity index (χ4n) is 3.94. The predicted molar refractivity (Wildman–Crippen MR) is 97.3 cm³/mol. The third kappa shape index (κ3) is 3.55. The summed E-state index contributed by atoms with van der Waals surface area (Å²) >= 11 is 0. The van der Waals surface area contributed by atoms with Gasteiger partial charge in [-0.3, -0.25) is 4.68 Å². The number of amides is 2. The molecule has 2 aromatic rings. The van der Waals surface area contributed by atoms with Crippen LogP contribution in [0.5, 0.6) is 0 Å². The van der Waals surface area contributed by atoms with Crippen molar-refractivity contribution in [1.29, 1.82) is 0 Å². The summed E-state index contributed by atoms with van der Waals surface area (Å²) in [5, 5.41) is 7.32. The lowest BCUT2D eigenvalue weighted by molar-refractivity contribution is 0.162. The zero-order valence-corrected chi connectivity index (χ0v) is 14.8. The Balaban J connectivity index is 1.44. The SMILES string of the molecule is Cn1cc(CCNC(=O)N(C2CC2)[C@@H]2CCCc3ccccc32)cn1. The molecule has 1 N–H and O–H groups in total. The predicted octanol–water partition coefficient (Wildman–Crippen LogP) is 3.21. The summed E-state index contributed by atoms with van der Waals surface area (Å²) < 4.78 is 1.80. The van der Waals surface area contributed by atoms with Gasteiger partial charge in [0.2, 0.25) is 0 Å². The fourth-order valence-corrected chi connectivity index (χ4v) is 3.94. The zero-order chi connectivity index (χ0) is 17.2. The Labute approximate surface area is 149 Å². The lowest BCUT2D eigenvalue weighted by atomic mass is 9.87. The molecule has 25 heavy (non-hydrogen) atoms. The summed E-state index contributed by atoms with van der Waals surface area (Å²) in [7, 11) is 1.91. The highest BCUT2D eigenvalue weighted by Crippen LogP contribution is 2.40. The van der Waals surface area contributed by atoms with Crippen molar-refractivity contribution in [2.75, 3.05) is 6.54 Å². The molecule has 1 fully saturated rings. The van der Waals surface area contributed by atoms with E-state index in [2.05, 4.69) is 39.6 Å². The molecule has 0 unspecified atom stereocenters. The van der Waals surface area contributed by atoms with Crippen molar-refractivity contribution in [3.63, 3.8) is 0 Å². The molecule has 0 saturated heterocycles. The molecule has 1 saturated carbocycles. The van der Waals surface area contributed by atoms with Gasteiger partial charge in [0.25, 0.3) is 0 Å². The largest absolute Gasteiger partial charge is 0.338 e. The number of carbonyl (C=O) groups is 1. The van der Waals surface area contributed by atoms with Gasteiger partial charge in [-0.05, 0) is 55.2 Å². The van der Waals surface area contributed by atoms with Crippen LogP contribution in [0, 0.1) is 0 Å². The molecular weight excluding hydrogens is 312 g/mol. The number of urea groups is 1. The van der Waals surface area contributed by atoms with E-state index in [-0.39, 0.29) is 12.1 Å². The van der Waals surface area contributed by atoms with Crippen LogP contribution in [-0.2, 0) is 19.9 Å². The van der Waals surface area contributed by atoms with Gasteiger partial charge in [-0.1, -0.05) is 24.3 Å². The molecule has 2 aliphatic rings. The summed E-state index contributed by atoms with van der Waals surface area (Å²) in [6.07, 6.45) is 10.3. The molecule has 5 heteroatoms. The van der Waals surface area contributed by atoms with Crippen LogP contribution in [0.3, 0.4) is 0 Å². The second kappa shape index (κ2) is 6.90. The zero-order valence-electron chi connectivity index (χ0n) is 14.8. The molecule has 2 aliphatic carbocycles. The second-order valence-electron chi connectivity index (χ2n) is 7.25. The second-order valence-corrected chi connectivity index (χ2v) is 7.25. The Morgan fingerprint density at radius 2 is 2.16 bits per heavy atom. The van der Waals surface area contributed by atoms with Crippen LogP contribution in [0.2, 0.25) is 0 Å².